The first kappa shape index (κ1) is 12.4. The van der Waals surface area contributed by atoms with Crippen LogP contribution in [0, 0.1) is 6.92 Å². The Morgan fingerprint density at radius 2 is 2.12 bits per heavy atom. The predicted molar refractivity (Wildman–Crippen MR) is 63.0 cm³/mol. The molecule has 2 N–H and O–H groups in total. The summed E-state index contributed by atoms with van der Waals surface area (Å²) in [7, 11) is 0. The van der Waals surface area contributed by atoms with E-state index in [0.29, 0.717) is 0 Å². The molecule has 0 radical (unpaired) electrons. The fourth-order valence-corrected chi connectivity index (χ4v) is 1.33. The average Bonchev–Trinajstić information content (AvgIpc) is 2.87. The van der Waals surface area contributed by atoms with Crippen molar-refractivity contribution in [2.45, 2.75) is 19.8 Å². The SMILES string of the molecule is Cc1ccccc1CCCO.c1c[nH]nn1. The van der Waals surface area contributed by atoms with Gasteiger partial charge >= 0.3 is 0 Å². The van der Waals surface area contributed by atoms with Crippen molar-refractivity contribution in [1.29, 1.82) is 0 Å². The number of nitrogens with zero attached hydrogens (tertiary/aromatic N) is 2. The van der Waals surface area contributed by atoms with Gasteiger partial charge in [0.15, 0.2) is 0 Å². The fraction of sp³-hybridized carbons (Fsp3) is 0.333. The van der Waals surface area contributed by atoms with Crippen molar-refractivity contribution < 1.29 is 5.11 Å². The summed E-state index contributed by atoms with van der Waals surface area (Å²) in [5, 5.41) is 17.9. The van der Waals surface area contributed by atoms with Gasteiger partial charge in [-0.25, -0.2) is 0 Å². The van der Waals surface area contributed by atoms with Gasteiger partial charge in [0.1, 0.15) is 0 Å². The Morgan fingerprint density at radius 3 is 2.62 bits per heavy atom. The van der Waals surface area contributed by atoms with Gasteiger partial charge in [-0.05, 0) is 30.9 Å². The zero-order valence-electron chi connectivity index (χ0n) is 9.43. The minimum Gasteiger partial charge on any atom is -0.396 e. The lowest BCUT2D eigenvalue weighted by Crippen LogP contribution is -1.91. The number of aliphatic hydroxyl groups is 1. The van der Waals surface area contributed by atoms with Crippen LogP contribution in [0.3, 0.4) is 0 Å². The number of aromatic amines is 1. The Bertz CT molecular complexity index is 356. The number of aryl methyl sites for hydroxylation is 2. The first-order chi connectivity index (χ1) is 7.84. The van der Waals surface area contributed by atoms with Gasteiger partial charge in [0.05, 0.1) is 6.20 Å². The first-order valence-corrected chi connectivity index (χ1v) is 5.30. The monoisotopic (exact) mass is 219 g/mol. The highest BCUT2D eigenvalue weighted by Crippen LogP contribution is 2.08. The molecule has 0 atom stereocenters. The lowest BCUT2D eigenvalue weighted by molar-refractivity contribution is 0.288. The van der Waals surface area contributed by atoms with E-state index in [1.54, 1.807) is 12.4 Å². The van der Waals surface area contributed by atoms with E-state index in [4.69, 9.17) is 5.11 Å². The molecule has 86 valence electrons. The quantitative estimate of drug-likeness (QED) is 0.826. The van der Waals surface area contributed by atoms with Crippen molar-refractivity contribution >= 4 is 0 Å². The molecule has 0 aliphatic carbocycles. The van der Waals surface area contributed by atoms with Crippen LogP contribution in [0.2, 0.25) is 0 Å². The lowest BCUT2D eigenvalue weighted by Gasteiger charge is -2.02. The third-order valence-electron chi connectivity index (χ3n) is 2.20. The molecule has 1 heterocycles. The topological polar surface area (TPSA) is 61.8 Å². The molecule has 0 spiro atoms. The number of benzene rings is 1. The number of aromatic nitrogens is 3. The Hall–Kier alpha value is -1.68. The van der Waals surface area contributed by atoms with E-state index >= 15 is 0 Å². The Labute approximate surface area is 95.3 Å². The van der Waals surface area contributed by atoms with Crippen LogP contribution >= 0.6 is 0 Å². The second kappa shape index (κ2) is 7.59. The zero-order chi connectivity index (χ0) is 11.6. The van der Waals surface area contributed by atoms with Gasteiger partial charge in [-0.3, -0.25) is 5.10 Å². The first-order valence-electron chi connectivity index (χ1n) is 5.30. The minimum absolute atomic E-state index is 0.286. The molecule has 1 aromatic heterocycles. The van der Waals surface area contributed by atoms with Crippen molar-refractivity contribution in [2.75, 3.05) is 6.61 Å². The number of aliphatic hydroxyl groups excluding tert-OH is 1. The van der Waals surface area contributed by atoms with Crippen LogP contribution < -0.4 is 0 Å². The number of rotatable bonds is 3. The van der Waals surface area contributed by atoms with E-state index in [0.717, 1.165) is 12.8 Å². The maximum atomic E-state index is 8.62. The fourth-order valence-electron chi connectivity index (χ4n) is 1.33. The molecule has 0 unspecified atom stereocenters. The Balaban J connectivity index is 0.000000212. The smallest absolute Gasteiger partial charge is 0.0690 e. The van der Waals surface area contributed by atoms with E-state index in [1.165, 1.54) is 11.1 Å². The summed E-state index contributed by atoms with van der Waals surface area (Å²) in [5.74, 6) is 0. The molecule has 0 aliphatic rings. The van der Waals surface area contributed by atoms with Crippen LogP contribution in [0.4, 0.5) is 0 Å². The molecule has 16 heavy (non-hydrogen) atoms. The number of nitrogens with one attached hydrogen (secondary N) is 1. The molecule has 0 saturated heterocycles. The summed E-state index contributed by atoms with van der Waals surface area (Å²) in [6, 6.07) is 8.30. The van der Waals surface area contributed by atoms with E-state index < -0.39 is 0 Å². The second-order valence-corrected chi connectivity index (χ2v) is 3.41. The maximum Gasteiger partial charge on any atom is 0.0690 e. The summed E-state index contributed by atoms with van der Waals surface area (Å²) >= 11 is 0. The Kier molecular flexibility index (Phi) is 5.88. The molecule has 0 amide bonds. The van der Waals surface area contributed by atoms with Gasteiger partial charge in [0, 0.05) is 12.8 Å². The standard InChI is InChI=1S/C10H14O.C2H3N3/c1-9-5-2-3-6-10(9)7-4-8-11;1-2-4-5-3-1/h2-3,5-6,11H,4,7-8H2,1H3;1-2H,(H,3,4,5). The highest BCUT2D eigenvalue weighted by Gasteiger charge is 1.94. The van der Waals surface area contributed by atoms with Gasteiger partial charge in [-0.15, -0.1) is 5.10 Å². The van der Waals surface area contributed by atoms with Gasteiger partial charge in [0.25, 0.3) is 0 Å². The minimum atomic E-state index is 0.286. The molecule has 4 heteroatoms. The molecule has 2 aromatic rings. The summed E-state index contributed by atoms with van der Waals surface area (Å²) in [6.45, 7) is 2.39. The van der Waals surface area contributed by atoms with Crippen LogP contribution in [0.1, 0.15) is 17.5 Å². The van der Waals surface area contributed by atoms with Crippen LogP contribution in [0.15, 0.2) is 36.7 Å². The van der Waals surface area contributed by atoms with E-state index in [9.17, 15) is 0 Å². The van der Waals surface area contributed by atoms with E-state index in [2.05, 4.69) is 34.5 Å². The third kappa shape index (κ3) is 4.70. The highest BCUT2D eigenvalue weighted by molar-refractivity contribution is 5.25. The zero-order valence-corrected chi connectivity index (χ0v) is 9.43. The van der Waals surface area contributed by atoms with Crippen molar-refractivity contribution in [1.82, 2.24) is 15.4 Å². The van der Waals surface area contributed by atoms with Crippen molar-refractivity contribution in [2.24, 2.45) is 0 Å². The summed E-state index contributed by atoms with van der Waals surface area (Å²) in [5.41, 5.74) is 2.67. The normalized spacial score (nSPS) is 9.38. The molecule has 0 aliphatic heterocycles. The molecule has 0 saturated carbocycles. The molecule has 1 aromatic carbocycles. The number of H-pyrrole nitrogens is 1. The van der Waals surface area contributed by atoms with Crippen LogP contribution in [0.25, 0.3) is 0 Å². The Morgan fingerprint density at radius 1 is 1.31 bits per heavy atom. The third-order valence-corrected chi connectivity index (χ3v) is 2.20. The summed E-state index contributed by atoms with van der Waals surface area (Å²) in [6.07, 6.45) is 5.09. The van der Waals surface area contributed by atoms with Gasteiger partial charge in [0.2, 0.25) is 0 Å². The maximum absolute atomic E-state index is 8.62. The predicted octanol–water partition coefficient (Wildman–Crippen LogP) is 1.72. The summed E-state index contributed by atoms with van der Waals surface area (Å²) < 4.78 is 0. The van der Waals surface area contributed by atoms with Crippen LogP contribution in [-0.4, -0.2) is 27.1 Å². The van der Waals surface area contributed by atoms with Crippen molar-refractivity contribution in [3.8, 4) is 0 Å². The van der Waals surface area contributed by atoms with E-state index in [-0.39, 0.29) is 6.61 Å². The largest absolute Gasteiger partial charge is 0.396 e. The van der Waals surface area contributed by atoms with Crippen molar-refractivity contribution in [3.63, 3.8) is 0 Å². The van der Waals surface area contributed by atoms with Gasteiger partial charge in [-0.1, -0.05) is 29.5 Å². The van der Waals surface area contributed by atoms with Gasteiger partial charge in [-0.2, -0.15) is 0 Å². The molecule has 2 rings (SSSR count). The van der Waals surface area contributed by atoms with Gasteiger partial charge < -0.3 is 5.11 Å². The molecule has 0 bridgehead atoms. The van der Waals surface area contributed by atoms with Crippen LogP contribution in [0.5, 0.6) is 0 Å². The summed E-state index contributed by atoms with van der Waals surface area (Å²) in [4.78, 5) is 0. The highest BCUT2D eigenvalue weighted by atomic mass is 16.2. The second-order valence-electron chi connectivity index (χ2n) is 3.41. The van der Waals surface area contributed by atoms with Crippen LogP contribution in [-0.2, 0) is 6.42 Å². The molecule has 4 nitrogen and oxygen atoms in total. The van der Waals surface area contributed by atoms with E-state index in [1.807, 2.05) is 12.1 Å². The molecular weight excluding hydrogens is 202 g/mol. The average molecular weight is 219 g/mol. The number of hydrogen-bond acceptors (Lipinski definition) is 3. The molecular formula is C12H17N3O. The molecule has 0 fully saturated rings. The number of hydrogen-bond donors (Lipinski definition) is 2. The lowest BCUT2D eigenvalue weighted by atomic mass is 10.0. The van der Waals surface area contributed by atoms with Crippen molar-refractivity contribution in [3.05, 3.63) is 47.8 Å².